The summed E-state index contributed by atoms with van der Waals surface area (Å²) >= 11 is 0. The number of nitrogens with zero attached hydrogens (tertiary/aromatic N) is 2. The third kappa shape index (κ3) is 4.18. The number of likely N-dealkylation sites (N-methyl/N-ethyl adjacent to an activating group) is 1. The number of para-hydroxylation sites is 1. The van der Waals surface area contributed by atoms with Gasteiger partial charge in [-0.25, -0.2) is 0 Å². The number of carbonyl (C=O) groups is 2. The fraction of sp³-hybridized carbons (Fsp3) is 0.182. The molecule has 2 amide bonds. The maximum Gasteiger partial charge on any atom is 0.243 e. The first-order valence-corrected chi connectivity index (χ1v) is 8.61. The number of benzene rings is 2. The van der Waals surface area contributed by atoms with Gasteiger partial charge in [-0.1, -0.05) is 30.2 Å². The van der Waals surface area contributed by atoms with Gasteiger partial charge in [-0.2, -0.15) is 0 Å². The van der Waals surface area contributed by atoms with Gasteiger partial charge in [0.2, 0.25) is 11.8 Å². The molecule has 0 fully saturated rings. The van der Waals surface area contributed by atoms with Gasteiger partial charge in [0.05, 0.1) is 13.0 Å². The van der Waals surface area contributed by atoms with E-state index in [4.69, 9.17) is 6.42 Å². The van der Waals surface area contributed by atoms with Crippen molar-refractivity contribution in [2.45, 2.75) is 6.42 Å². The Morgan fingerprint density at radius 1 is 1.19 bits per heavy atom. The summed E-state index contributed by atoms with van der Waals surface area (Å²) < 4.78 is 2.00. The zero-order valence-corrected chi connectivity index (χ0v) is 15.4. The first-order valence-electron chi connectivity index (χ1n) is 8.61. The molecule has 0 saturated carbocycles. The minimum atomic E-state index is -0.266. The highest BCUT2D eigenvalue weighted by Crippen LogP contribution is 2.21. The Morgan fingerprint density at radius 2 is 1.96 bits per heavy atom. The van der Waals surface area contributed by atoms with E-state index in [0.29, 0.717) is 11.3 Å². The molecule has 3 aromatic rings. The zero-order valence-electron chi connectivity index (χ0n) is 15.4. The molecule has 136 valence electrons. The molecule has 0 aliphatic carbocycles. The van der Waals surface area contributed by atoms with Gasteiger partial charge in [-0.15, -0.1) is 6.42 Å². The summed E-state index contributed by atoms with van der Waals surface area (Å²) in [5.41, 5.74) is 3.33. The molecule has 1 N–H and O–H groups in total. The molecule has 0 unspecified atom stereocenters. The monoisotopic (exact) mass is 359 g/mol. The Balaban J connectivity index is 1.63. The number of amides is 2. The molecule has 5 nitrogen and oxygen atoms in total. The largest absolute Gasteiger partial charge is 0.350 e. The van der Waals surface area contributed by atoms with Crippen molar-refractivity contribution in [3.05, 3.63) is 65.9 Å². The molecule has 1 aromatic heterocycles. The smallest absolute Gasteiger partial charge is 0.243 e. The van der Waals surface area contributed by atoms with Crippen LogP contribution < -0.4 is 5.32 Å². The number of rotatable bonds is 5. The lowest BCUT2D eigenvalue weighted by Crippen LogP contribution is -2.35. The van der Waals surface area contributed by atoms with E-state index in [9.17, 15) is 9.59 Å². The van der Waals surface area contributed by atoms with Gasteiger partial charge in [-0.05, 0) is 29.8 Å². The van der Waals surface area contributed by atoms with Crippen LogP contribution in [0, 0.1) is 12.3 Å². The zero-order chi connectivity index (χ0) is 19.4. The van der Waals surface area contributed by atoms with Crippen molar-refractivity contribution in [3.63, 3.8) is 0 Å². The molecule has 3 rings (SSSR count). The summed E-state index contributed by atoms with van der Waals surface area (Å²) in [6, 6.07) is 15.0. The summed E-state index contributed by atoms with van der Waals surface area (Å²) in [6.07, 6.45) is 7.57. The molecular weight excluding hydrogens is 338 g/mol. The minimum absolute atomic E-state index is 0.0239. The molecule has 0 bridgehead atoms. The van der Waals surface area contributed by atoms with Gasteiger partial charge in [0.25, 0.3) is 0 Å². The molecule has 2 aromatic carbocycles. The minimum Gasteiger partial charge on any atom is -0.350 e. The lowest BCUT2D eigenvalue weighted by atomic mass is 10.1. The maximum atomic E-state index is 12.6. The van der Waals surface area contributed by atoms with E-state index >= 15 is 0 Å². The van der Waals surface area contributed by atoms with E-state index < -0.39 is 0 Å². The van der Waals surface area contributed by atoms with E-state index in [1.165, 1.54) is 4.90 Å². The third-order valence-electron chi connectivity index (χ3n) is 4.44. The number of aromatic nitrogens is 1. The highest BCUT2D eigenvalue weighted by molar-refractivity contribution is 5.95. The van der Waals surface area contributed by atoms with Crippen molar-refractivity contribution in [3.8, 4) is 12.3 Å². The number of hydrogen-bond donors (Lipinski definition) is 1. The average molecular weight is 359 g/mol. The van der Waals surface area contributed by atoms with Crippen LogP contribution in [0.4, 0.5) is 5.69 Å². The average Bonchev–Trinajstić information content (AvgIpc) is 2.97. The quantitative estimate of drug-likeness (QED) is 0.712. The normalized spacial score (nSPS) is 10.4. The van der Waals surface area contributed by atoms with Crippen LogP contribution in [0.1, 0.15) is 11.1 Å². The van der Waals surface area contributed by atoms with Gasteiger partial charge in [0.15, 0.2) is 0 Å². The predicted octanol–water partition coefficient (Wildman–Crippen LogP) is 2.80. The Kier molecular flexibility index (Phi) is 5.28. The molecular formula is C22H21N3O2. The van der Waals surface area contributed by atoms with Gasteiger partial charge in [0.1, 0.15) is 0 Å². The highest BCUT2D eigenvalue weighted by Gasteiger charge is 2.16. The molecule has 0 aliphatic heterocycles. The first-order chi connectivity index (χ1) is 13.0. The second-order valence-corrected chi connectivity index (χ2v) is 6.48. The van der Waals surface area contributed by atoms with Crippen LogP contribution in [0.25, 0.3) is 10.9 Å². The van der Waals surface area contributed by atoms with Gasteiger partial charge in [-0.3, -0.25) is 9.59 Å². The van der Waals surface area contributed by atoms with E-state index in [1.54, 1.807) is 31.3 Å². The number of nitrogens with one attached hydrogen (secondary N) is 1. The van der Waals surface area contributed by atoms with Crippen LogP contribution in [0.15, 0.2) is 54.7 Å². The highest BCUT2D eigenvalue weighted by atomic mass is 16.2. The summed E-state index contributed by atoms with van der Waals surface area (Å²) in [5, 5.41) is 3.82. The van der Waals surface area contributed by atoms with Crippen LogP contribution in [0.2, 0.25) is 0 Å². The van der Waals surface area contributed by atoms with Crippen molar-refractivity contribution < 1.29 is 9.59 Å². The Labute approximate surface area is 158 Å². The van der Waals surface area contributed by atoms with Crippen LogP contribution in [0.3, 0.4) is 0 Å². The Hall–Kier alpha value is -3.52. The third-order valence-corrected chi connectivity index (χ3v) is 4.44. The van der Waals surface area contributed by atoms with Crippen molar-refractivity contribution in [2.75, 3.05) is 18.9 Å². The number of terminal acetylenes is 1. The van der Waals surface area contributed by atoms with Crippen LogP contribution >= 0.6 is 0 Å². The number of fused-ring (bicyclic) bond motifs is 1. The van der Waals surface area contributed by atoms with Crippen molar-refractivity contribution in [1.82, 2.24) is 9.47 Å². The number of aryl methyl sites for hydroxylation is 1. The summed E-state index contributed by atoms with van der Waals surface area (Å²) in [5.74, 6) is 2.15. The topological polar surface area (TPSA) is 54.3 Å². The number of carbonyl (C=O) groups excluding carboxylic acids is 2. The van der Waals surface area contributed by atoms with Crippen LogP contribution in [-0.4, -0.2) is 34.9 Å². The second kappa shape index (κ2) is 7.79. The Bertz CT molecular complexity index is 1040. The maximum absolute atomic E-state index is 12.6. The standard InChI is InChI=1S/C22H21N3O2/c1-4-16-8-7-9-18(12-16)23-21(26)15-25(3)22(27)13-17-14-24(2)20-11-6-5-10-19(17)20/h1,5-12,14H,13,15H2,2-3H3,(H,23,26). The molecule has 0 saturated heterocycles. The van der Waals surface area contributed by atoms with Gasteiger partial charge >= 0.3 is 0 Å². The number of anilines is 1. The Morgan fingerprint density at radius 3 is 2.74 bits per heavy atom. The molecule has 1 heterocycles. The van der Waals surface area contributed by atoms with Crippen molar-refractivity contribution >= 4 is 28.4 Å². The first kappa shape index (κ1) is 18.3. The molecule has 0 atom stereocenters. The van der Waals surface area contributed by atoms with Gasteiger partial charge < -0.3 is 14.8 Å². The van der Waals surface area contributed by atoms with E-state index in [2.05, 4.69) is 11.2 Å². The van der Waals surface area contributed by atoms with E-state index in [-0.39, 0.29) is 24.8 Å². The SMILES string of the molecule is C#Cc1cccc(NC(=O)CN(C)C(=O)Cc2cn(C)c3ccccc23)c1. The summed E-state index contributed by atoms with van der Waals surface area (Å²) in [4.78, 5) is 26.2. The fourth-order valence-corrected chi connectivity index (χ4v) is 3.06. The summed E-state index contributed by atoms with van der Waals surface area (Å²) in [7, 11) is 3.59. The van der Waals surface area contributed by atoms with Gasteiger partial charge in [0, 0.05) is 42.4 Å². The molecule has 0 spiro atoms. The lowest BCUT2D eigenvalue weighted by Gasteiger charge is -2.17. The van der Waals surface area contributed by atoms with Crippen molar-refractivity contribution in [1.29, 1.82) is 0 Å². The molecule has 27 heavy (non-hydrogen) atoms. The van der Waals surface area contributed by atoms with Crippen LogP contribution in [-0.2, 0) is 23.1 Å². The number of hydrogen-bond acceptors (Lipinski definition) is 2. The summed E-state index contributed by atoms with van der Waals surface area (Å²) in [6.45, 7) is -0.0239. The molecule has 0 aliphatic rings. The van der Waals surface area contributed by atoms with Crippen LogP contribution in [0.5, 0.6) is 0 Å². The van der Waals surface area contributed by atoms with E-state index in [0.717, 1.165) is 16.5 Å². The predicted molar refractivity (Wildman–Crippen MR) is 107 cm³/mol. The second-order valence-electron chi connectivity index (χ2n) is 6.48. The van der Waals surface area contributed by atoms with E-state index in [1.807, 2.05) is 42.1 Å². The fourth-order valence-electron chi connectivity index (χ4n) is 3.06. The van der Waals surface area contributed by atoms with Crippen molar-refractivity contribution in [2.24, 2.45) is 7.05 Å². The molecule has 0 radical (unpaired) electrons. The molecule has 5 heteroatoms. The lowest BCUT2D eigenvalue weighted by molar-refractivity contribution is -0.132.